The summed E-state index contributed by atoms with van der Waals surface area (Å²) in [7, 11) is 0. The first kappa shape index (κ1) is 10.2. The molecule has 2 aromatic rings. The second-order valence-corrected chi connectivity index (χ2v) is 3.26. The van der Waals surface area contributed by atoms with Crippen molar-refractivity contribution in [1.82, 2.24) is 10.2 Å². The first-order valence-corrected chi connectivity index (χ1v) is 4.73. The minimum absolute atomic E-state index is 0.344. The van der Waals surface area contributed by atoms with Crippen molar-refractivity contribution in [1.29, 1.82) is 0 Å². The topological polar surface area (TPSA) is 66.0 Å². The summed E-state index contributed by atoms with van der Waals surface area (Å²) in [6.07, 6.45) is 1.69. The minimum Gasteiger partial charge on any atom is -0.503 e. The predicted octanol–water partition coefficient (Wildman–Crippen LogP) is 1.79. The molecule has 0 aliphatic carbocycles. The fourth-order valence-corrected chi connectivity index (χ4v) is 1.44. The van der Waals surface area contributed by atoms with Crippen LogP contribution in [0.4, 0.5) is 0 Å². The summed E-state index contributed by atoms with van der Waals surface area (Å²) in [5.41, 5.74) is 1.61. The molecule has 0 aliphatic rings. The fraction of sp³-hybridized carbons (Fsp3) is 0. The van der Waals surface area contributed by atoms with E-state index in [0.717, 1.165) is 11.1 Å². The van der Waals surface area contributed by atoms with E-state index in [1.807, 2.05) is 24.3 Å². The van der Waals surface area contributed by atoms with Crippen LogP contribution in [0.3, 0.4) is 0 Å². The van der Waals surface area contributed by atoms with Crippen LogP contribution in [0.1, 0.15) is 5.56 Å². The zero-order valence-corrected chi connectivity index (χ0v) is 8.47. The zero-order chi connectivity index (χ0) is 11.5. The van der Waals surface area contributed by atoms with Gasteiger partial charge in [-0.2, -0.15) is 5.10 Å². The van der Waals surface area contributed by atoms with Gasteiger partial charge in [0.2, 0.25) is 0 Å². The van der Waals surface area contributed by atoms with Gasteiger partial charge in [-0.25, -0.2) is 5.10 Å². The fourth-order valence-electron chi connectivity index (χ4n) is 1.44. The first-order chi connectivity index (χ1) is 7.72. The van der Waals surface area contributed by atoms with Crippen LogP contribution in [0.2, 0.25) is 0 Å². The number of hydrogen-bond acceptors (Lipinski definition) is 3. The minimum atomic E-state index is -0.597. The number of aromatic amines is 1. The molecule has 80 valence electrons. The molecule has 4 heteroatoms. The van der Waals surface area contributed by atoms with Gasteiger partial charge in [0.15, 0.2) is 5.75 Å². The highest BCUT2D eigenvalue weighted by Gasteiger charge is 2.06. The molecule has 0 bridgehead atoms. The van der Waals surface area contributed by atoms with Crippen molar-refractivity contribution in [3.8, 4) is 17.0 Å². The lowest BCUT2D eigenvalue weighted by Crippen LogP contribution is -2.07. The van der Waals surface area contributed by atoms with E-state index in [4.69, 9.17) is 0 Å². The normalized spacial score (nSPS) is 10.0. The summed E-state index contributed by atoms with van der Waals surface area (Å²) in [6, 6.07) is 8.79. The second-order valence-electron chi connectivity index (χ2n) is 3.26. The van der Waals surface area contributed by atoms with Gasteiger partial charge in [0.05, 0.1) is 5.69 Å². The molecule has 2 rings (SSSR count). The number of aromatic nitrogens is 2. The number of aromatic hydroxyl groups is 1. The molecule has 2 N–H and O–H groups in total. The van der Waals surface area contributed by atoms with Crippen molar-refractivity contribution in [3.05, 3.63) is 52.8 Å². The Morgan fingerprint density at radius 3 is 2.81 bits per heavy atom. The van der Waals surface area contributed by atoms with Gasteiger partial charge in [-0.3, -0.25) is 4.79 Å². The average molecular weight is 214 g/mol. The predicted molar refractivity (Wildman–Crippen MR) is 62.0 cm³/mol. The van der Waals surface area contributed by atoms with Crippen molar-refractivity contribution in [2.24, 2.45) is 0 Å². The van der Waals surface area contributed by atoms with E-state index in [1.165, 1.54) is 6.07 Å². The lowest BCUT2D eigenvalue weighted by atomic mass is 10.0. The maximum Gasteiger partial charge on any atom is 0.306 e. The second kappa shape index (κ2) is 4.02. The van der Waals surface area contributed by atoms with Gasteiger partial charge < -0.3 is 5.11 Å². The van der Waals surface area contributed by atoms with Gasteiger partial charge in [0.25, 0.3) is 0 Å². The van der Waals surface area contributed by atoms with Crippen LogP contribution in [-0.4, -0.2) is 15.3 Å². The molecule has 1 heterocycles. The summed E-state index contributed by atoms with van der Waals surface area (Å²) >= 11 is 0. The Bertz CT molecular complexity index is 588. The summed E-state index contributed by atoms with van der Waals surface area (Å²) in [6.45, 7) is 3.69. The maximum atomic E-state index is 11.0. The van der Waals surface area contributed by atoms with Gasteiger partial charge in [-0.1, -0.05) is 36.9 Å². The van der Waals surface area contributed by atoms with Crippen LogP contribution >= 0.6 is 0 Å². The lowest BCUT2D eigenvalue weighted by Gasteiger charge is -2.04. The summed E-state index contributed by atoms with van der Waals surface area (Å²) in [5.74, 6) is -0.344. The molecule has 16 heavy (non-hydrogen) atoms. The van der Waals surface area contributed by atoms with E-state index < -0.39 is 5.56 Å². The van der Waals surface area contributed by atoms with Crippen molar-refractivity contribution in [3.63, 3.8) is 0 Å². The Morgan fingerprint density at radius 1 is 1.38 bits per heavy atom. The third-order valence-corrected chi connectivity index (χ3v) is 2.24. The molecule has 1 aromatic carbocycles. The molecule has 0 aliphatic heterocycles. The van der Waals surface area contributed by atoms with Crippen molar-refractivity contribution >= 4 is 6.08 Å². The van der Waals surface area contributed by atoms with Crippen molar-refractivity contribution in [2.45, 2.75) is 0 Å². The largest absolute Gasteiger partial charge is 0.503 e. The quantitative estimate of drug-likeness (QED) is 0.800. The maximum absolute atomic E-state index is 11.0. The van der Waals surface area contributed by atoms with Gasteiger partial charge in [0.1, 0.15) is 0 Å². The van der Waals surface area contributed by atoms with Crippen LogP contribution in [0.5, 0.6) is 5.75 Å². The third-order valence-electron chi connectivity index (χ3n) is 2.24. The molecule has 1 aromatic heterocycles. The Kier molecular flexibility index (Phi) is 2.55. The Morgan fingerprint density at radius 2 is 2.12 bits per heavy atom. The molecule has 0 amide bonds. The molecule has 0 unspecified atom stereocenters. The van der Waals surface area contributed by atoms with Crippen LogP contribution < -0.4 is 5.56 Å². The standard InChI is InChI=1S/C12H10N2O2/c1-2-8-5-3-4-6-9(8)10-7-11(15)12(16)14-13-10/h2-7H,1H2,(H,13,15)(H,14,16). The summed E-state index contributed by atoms with van der Waals surface area (Å²) in [5, 5.41) is 15.4. The average Bonchev–Trinajstić information content (AvgIpc) is 2.32. The molecular weight excluding hydrogens is 204 g/mol. The number of nitrogens with zero attached hydrogens (tertiary/aromatic N) is 1. The van der Waals surface area contributed by atoms with Crippen LogP contribution in [0, 0.1) is 0 Å². The molecule has 0 saturated heterocycles. The lowest BCUT2D eigenvalue weighted by molar-refractivity contribution is 0.464. The van der Waals surface area contributed by atoms with E-state index in [0.29, 0.717) is 5.69 Å². The monoisotopic (exact) mass is 214 g/mol. The van der Waals surface area contributed by atoms with E-state index in [9.17, 15) is 9.90 Å². The summed E-state index contributed by atoms with van der Waals surface area (Å²) in [4.78, 5) is 11.0. The molecule has 0 fully saturated rings. The van der Waals surface area contributed by atoms with Crippen LogP contribution in [0.25, 0.3) is 17.3 Å². The number of rotatable bonds is 2. The Balaban J connectivity index is 2.63. The molecule has 4 nitrogen and oxygen atoms in total. The van der Waals surface area contributed by atoms with E-state index in [2.05, 4.69) is 16.8 Å². The highest BCUT2D eigenvalue weighted by molar-refractivity contribution is 5.72. The van der Waals surface area contributed by atoms with Crippen molar-refractivity contribution in [2.75, 3.05) is 0 Å². The highest BCUT2D eigenvalue weighted by atomic mass is 16.3. The number of H-pyrrole nitrogens is 1. The van der Waals surface area contributed by atoms with E-state index >= 15 is 0 Å². The zero-order valence-electron chi connectivity index (χ0n) is 8.47. The number of benzene rings is 1. The summed E-state index contributed by atoms with van der Waals surface area (Å²) < 4.78 is 0. The van der Waals surface area contributed by atoms with Gasteiger partial charge in [-0.05, 0) is 5.56 Å². The molecule has 0 spiro atoms. The smallest absolute Gasteiger partial charge is 0.306 e. The van der Waals surface area contributed by atoms with Gasteiger partial charge >= 0.3 is 5.56 Å². The van der Waals surface area contributed by atoms with Gasteiger partial charge in [0, 0.05) is 11.6 Å². The third kappa shape index (κ3) is 1.72. The number of hydrogen-bond donors (Lipinski definition) is 2. The molecule has 0 saturated carbocycles. The first-order valence-electron chi connectivity index (χ1n) is 4.73. The molecule has 0 radical (unpaired) electrons. The van der Waals surface area contributed by atoms with Crippen LogP contribution in [-0.2, 0) is 0 Å². The van der Waals surface area contributed by atoms with E-state index in [-0.39, 0.29) is 5.75 Å². The van der Waals surface area contributed by atoms with Crippen molar-refractivity contribution < 1.29 is 5.11 Å². The SMILES string of the molecule is C=Cc1ccccc1-c1cc(O)c(=O)[nH]n1. The Labute approximate surface area is 91.9 Å². The van der Waals surface area contributed by atoms with E-state index in [1.54, 1.807) is 6.08 Å². The Hall–Kier alpha value is -2.36. The van der Waals surface area contributed by atoms with Gasteiger partial charge in [-0.15, -0.1) is 0 Å². The highest BCUT2D eigenvalue weighted by Crippen LogP contribution is 2.22. The number of nitrogens with one attached hydrogen (secondary N) is 1. The molecule has 0 atom stereocenters. The molecular formula is C12H10N2O2. The van der Waals surface area contributed by atoms with Crippen LogP contribution in [0.15, 0.2) is 41.7 Å².